The molecular weight excluding hydrogens is 446 g/mol. The van der Waals surface area contributed by atoms with Crippen LogP contribution in [0.3, 0.4) is 0 Å². The maximum absolute atomic E-state index is 13.3. The summed E-state index contributed by atoms with van der Waals surface area (Å²) in [7, 11) is 0. The number of para-hydroxylation sites is 2. The van der Waals surface area contributed by atoms with Gasteiger partial charge in [0.2, 0.25) is 5.91 Å². The van der Waals surface area contributed by atoms with Crippen molar-refractivity contribution in [3.05, 3.63) is 59.6 Å². The fourth-order valence-electron chi connectivity index (χ4n) is 4.90. The Kier molecular flexibility index (Phi) is 6.78. The minimum Gasteiger partial charge on any atom is -0.340 e. The number of benzene rings is 2. The first-order valence-electron chi connectivity index (χ1n) is 12.1. The Bertz CT molecular complexity index is 1110. The summed E-state index contributed by atoms with van der Waals surface area (Å²) < 4.78 is 1.22. The predicted molar refractivity (Wildman–Crippen MR) is 136 cm³/mol. The molecule has 3 aromatic rings. The quantitative estimate of drug-likeness (QED) is 0.603. The van der Waals surface area contributed by atoms with Crippen LogP contribution in [0.25, 0.3) is 10.2 Å². The summed E-state index contributed by atoms with van der Waals surface area (Å²) in [5.74, 6) is 0.0630. The van der Waals surface area contributed by atoms with Gasteiger partial charge >= 0.3 is 6.03 Å². The molecule has 0 aliphatic carbocycles. The zero-order valence-corrected chi connectivity index (χ0v) is 20.3. The Hall–Kier alpha value is -2.97. The number of thiazole rings is 1. The lowest BCUT2D eigenvalue weighted by molar-refractivity contribution is -0.139. The van der Waals surface area contributed by atoms with Crippen molar-refractivity contribution >= 4 is 39.2 Å². The Morgan fingerprint density at radius 3 is 2.47 bits per heavy atom. The fourth-order valence-corrected chi connectivity index (χ4v) is 5.95. The van der Waals surface area contributed by atoms with Gasteiger partial charge in [-0.2, -0.15) is 0 Å². The maximum atomic E-state index is 13.3. The minimum absolute atomic E-state index is 0.122. The minimum atomic E-state index is -0.127. The molecule has 0 radical (unpaired) electrons. The Labute approximate surface area is 204 Å². The standard InChI is InChI=1S/C26H31N5O2S/c1-19(24-28-22-11-5-6-12-23(22)34-24)29-14-16-30(17-15-29)25(32)20-8-7-13-31(18-20)26(33)27-21-9-3-2-4-10-21/h2-6,9-12,19-20H,7-8,13-18H2,1H3,(H,27,33)/t19-,20-/m1/s1. The average molecular weight is 478 g/mol. The van der Waals surface area contributed by atoms with E-state index in [4.69, 9.17) is 4.98 Å². The van der Waals surface area contributed by atoms with Crippen molar-refractivity contribution in [3.63, 3.8) is 0 Å². The highest BCUT2D eigenvalue weighted by Gasteiger charge is 2.33. The molecule has 1 aromatic heterocycles. The van der Waals surface area contributed by atoms with Gasteiger partial charge in [0.25, 0.3) is 0 Å². The molecule has 2 aromatic carbocycles. The number of hydrogen-bond donors (Lipinski definition) is 1. The lowest BCUT2D eigenvalue weighted by Gasteiger charge is -2.40. The van der Waals surface area contributed by atoms with Crippen LogP contribution in [-0.4, -0.2) is 70.9 Å². The molecule has 8 heteroatoms. The number of anilines is 1. The third-order valence-electron chi connectivity index (χ3n) is 6.92. The van der Waals surface area contributed by atoms with Crippen LogP contribution in [-0.2, 0) is 4.79 Å². The molecule has 1 N–H and O–H groups in total. The monoisotopic (exact) mass is 477 g/mol. The Morgan fingerprint density at radius 1 is 0.971 bits per heavy atom. The number of urea groups is 1. The SMILES string of the molecule is C[C@H](c1nc2ccccc2s1)N1CCN(C(=O)[C@@H]2CCCN(C(=O)Nc3ccccc3)C2)CC1. The van der Waals surface area contributed by atoms with Crippen molar-refractivity contribution in [2.75, 3.05) is 44.6 Å². The third-order valence-corrected chi connectivity index (χ3v) is 8.13. The Morgan fingerprint density at radius 2 is 1.71 bits per heavy atom. The molecule has 0 bridgehead atoms. The van der Waals surface area contributed by atoms with E-state index in [-0.39, 0.29) is 23.9 Å². The van der Waals surface area contributed by atoms with Gasteiger partial charge < -0.3 is 15.1 Å². The number of piperazine rings is 1. The number of fused-ring (bicyclic) bond motifs is 1. The second-order valence-corrected chi connectivity index (χ2v) is 10.2. The number of carbonyl (C=O) groups is 2. The normalized spacial score (nSPS) is 20.3. The van der Waals surface area contributed by atoms with Crippen LogP contribution in [0.15, 0.2) is 54.6 Å². The summed E-state index contributed by atoms with van der Waals surface area (Å²) >= 11 is 1.76. The van der Waals surface area contributed by atoms with Crippen molar-refractivity contribution in [3.8, 4) is 0 Å². The van der Waals surface area contributed by atoms with Gasteiger partial charge in [0, 0.05) is 45.0 Å². The first-order valence-corrected chi connectivity index (χ1v) is 12.9. The number of piperidine rings is 1. The first kappa shape index (κ1) is 22.8. The average Bonchev–Trinajstić information content (AvgIpc) is 3.33. The summed E-state index contributed by atoms with van der Waals surface area (Å²) in [6.45, 7) is 6.51. The van der Waals surface area contributed by atoms with E-state index < -0.39 is 0 Å². The van der Waals surface area contributed by atoms with Crippen LogP contribution in [0, 0.1) is 5.92 Å². The van der Waals surface area contributed by atoms with Gasteiger partial charge in [0.05, 0.1) is 22.2 Å². The molecule has 5 rings (SSSR count). The molecule has 2 aliphatic rings. The number of aromatic nitrogens is 1. The zero-order valence-electron chi connectivity index (χ0n) is 19.5. The summed E-state index contributed by atoms with van der Waals surface area (Å²) in [4.78, 5) is 37.0. The van der Waals surface area contributed by atoms with Crippen LogP contribution in [0.4, 0.5) is 10.5 Å². The van der Waals surface area contributed by atoms with E-state index in [1.165, 1.54) is 4.70 Å². The molecule has 0 unspecified atom stereocenters. The molecule has 2 saturated heterocycles. The van der Waals surface area contributed by atoms with Crippen LogP contribution >= 0.6 is 11.3 Å². The Balaban J connectivity index is 1.14. The molecule has 3 heterocycles. The van der Waals surface area contributed by atoms with Gasteiger partial charge in [-0.05, 0) is 44.0 Å². The van der Waals surface area contributed by atoms with E-state index in [1.54, 1.807) is 16.2 Å². The largest absolute Gasteiger partial charge is 0.340 e. The second kappa shape index (κ2) is 10.1. The second-order valence-electron chi connectivity index (χ2n) is 9.14. The number of likely N-dealkylation sites (tertiary alicyclic amines) is 1. The smallest absolute Gasteiger partial charge is 0.321 e. The third kappa shape index (κ3) is 4.93. The van der Waals surface area contributed by atoms with Crippen LogP contribution in [0.5, 0.6) is 0 Å². The van der Waals surface area contributed by atoms with Crippen LogP contribution in [0.2, 0.25) is 0 Å². The number of amides is 3. The number of rotatable bonds is 4. The van der Waals surface area contributed by atoms with E-state index >= 15 is 0 Å². The highest BCUT2D eigenvalue weighted by Crippen LogP contribution is 2.30. The molecule has 0 spiro atoms. The number of hydrogen-bond acceptors (Lipinski definition) is 5. The van der Waals surface area contributed by atoms with Gasteiger partial charge in [-0.25, -0.2) is 9.78 Å². The van der Waals surface area contributed by atoms with Crippen molar-refractivity contribution < 1.29 is 9.59 Å². The van der Waals surface area contributed by atoms with Crippen molar-refractivity contribution in [1.29, 1.82) is 0 Å². The molecule has 0 saturated carbocycles. The molecule has 7 nitrogen and oxygen atoms in total. The van der Waals surface area contributed by atoms with Gasteiger partial charge in [-0.1, -0.05) is 30.3 Å². The van der Waals surface area contributed by atoms with E-state index in [2.05, 4.69) is 35.3 Å². The summed E-state index contributed by atoms with van der Waals surface area (Å²) in [5, 5.41) is 4.08. The number of carbonyl (C=O) groups excluding carboxylic acids is 2. The lowest BCUT2D eigenvalue weighted by atomic mass is 9.96. The molecule has 2 fully saturated rings. The maximum Gasteiger partial charge on any atom is 0.321 e. The van der Waals surface area contributed by atoms with Crippen LogP contribution in [0.1, 0.15) is 30.8 Å². The predicted octanol–water partition coefficient (Wildman–Crippen LogP) is 4.45. The van der Waals surface area contributed by atoms with Crippen LogP contribution < -0.4 is 5.32 Å². The fraction of sp³-hybridized carbons (Fsp3) is 0.423. The van der Waals surface area contributed by atoms with E-state index in [0.717, 1.165) is 55.2 Å². The number of nitrogens with zero attached hydrogens (tertiary/aromatic N) is 4. The summed E-state index contributed by atoms with van der Waals surface area (Å²) in [6, 6.07) is 17.8. The summed E-state index contributed by atoms with van der Waals surface area (Å²) in [5.41, 5.74) is 1.83. The zero-order chi connectivity index (χ0) is 23.5. The van der Waals surface area contributed by atoms with Crippen molar-refractivity contribution in [1.82, 2.24) is 19.7 Å². The van der Waals surface area contributed by atoms with E-state index in [9.17, 15) is 9.59 Å². The highest BCUT2D eigenvalue weighted by atomic mass is 32.1. The van der Waals surface area contributed by atoms with Gasteiger partial charge in [0.15, 0.2) is 0 Å². The summed E-state index contributed by atoms with van der Waals surface area (Å²) in [6.07, 6.45) is 1.70. The highest BCUT2D eigenvalue weighted by molar-refractivity contribution is 7.18. The lowest BCUT2D eigenvalue weighted by Crippen LogP contribution is -2.53. The van der Waals surface area contributed by atoms with Crippen molar-refractivity contribution in [2.45, 2.75) is 25.8 Å². The molecule has 2 atom stereocenters. The van der Waals surface area contributed by atoms with E-state index in [1.807, 2.05) is 41.3 Å². The first-order chi connectivity index (χ1) is 16.6. The molecular formula is C26H31N5O2S. The van der Waals surface area contributed by atoms with Gasteiger partial charge in [0.1, 0.15) is 5.01 Å². The van der Waals surface area contributed by atoms with Gasteiger partial charge in [-0.15, -0.1) is 11.3 Å². The topological polar surface area (TPSA) is 68.8 Å². The van der Waals surface area contributed by atoms with Crippen molar-refractivity contribution in [2.24, 2.45) is 5.92 Å². The molecule has 2 aliphatic heterocycles. The van der Waals surface area contributed by atoms with Gasteiger partial charge in [-0.3, -0.25) is 9.69 Å². The number of nitrogens with one attached hydrogen (secondary N) is 1. The molecule has 3 amide bonds. The van der Waals surface area contributed by atoms with E-state index in [0.29, 0.717) is 13.1 Å². The molecule has 178 valence electrons. The molecule has 34 heavy (non-hydrogen) atoms.